The maximum atomic E-state index is 5.27. The molecule has 0 fully saturated rings. The fourth-order valence-corrected chi connectivity index (χ4v) is 8.23. The number of hydrogen-bond acceptors (Lipinski definition) is 5. The van der Waals surface area contributed by atoms with Gasteiger partial charge in [-0.3, -0.25) is 0 Å². The van der Waals surface area contributed by atoms with Crippen LogP contribution in [0.2, 0.25) is 0 Å². The summed E-state index contributed by atoms with van der Waals surface area (Å²) in [7, 11) is 0. The third kappa shape index (κ3) is 102. The highest BCUT2D eigenvalue weighted by Gasteiger charge is 1.86. The van der Waals surface area contributed by atoms with E-state index >= 15 is 0 Å². The molecule has 0 rings (SSSR count). The lowest BCUT2D eigenvalue weighted by atomic mass is 10.2. The summed E-state index contributed by atoms with van der Waals surface area (Å²) in [6.07, 6.45) is 115. The topological polar surface area (TPSA) is 18.5 Å². The van der Waals surface area contributed by atoms with Crippen molar-refractivity contribution >= 4 is 35.6 Å². The zero-order chi connectivity index (χ0) is 62.4. The molecule has 0 aliphatic carbocycles. The highest BCUT2D eigenvalue weighted by atomic mass is 32.2. The van der Waals surface area contributed by atoms with Gasteiger partial charge < -0.3 is 8.92 Å². The molecule has 0 aliphatic rings. The third-order valence-corrected chi connectivity index (χ3v) is 13.7. The first-order valence-corrected chi connectivity index (χ1v) is 36.3. The predicted octanol–water partition coefficient (Wildman–Crippen LogP) is 26.7. The van der Waals surface area contributed by atoms with Crippen molar-refractivity contribution in [1.82, 2.24) is 0 Å². The number of hydrogen-bond donors (Lipinski definition) is 0. The molecule has 478 valence electrons. The Labute approximate surface area is 542 Å². The number of ether oxygens (including phenoxy) is 1. The van der Waals surface area contributed by atoms with Crippen LogP contribution in [0.4, 0.5) is 0 Å². The van der Waals surface area contributed by atoms with Crippen LogP contribution in [0.25, 0.3) is 0 Å². The highest BCUT2D eigenvalue weighted by molar-refractivity contribution is 7.99. The molecule has 0 aromatic rings. The van der Waals surface area contributed by atoms with E-state index in [0.717, 1.165) is 173 Å². The minimum atomic E-state index is 0.788. The van der Waals surface area contributed by atoms with E-state index in [1.807, 2.05) is 37.4 Å². The monoisotopic (exact) mass is 1220 g/mol. The van der Waals surface area contributed by atoms with Crippen LogP contribution >= 0.6 is 35.6 Å². The number of unbranched alkanes of at least 4 members (excludes halogenated alkanes) is 1. The van der Waals surface area contributed by atoms with Crippen molar-refractivity contribution in [2.75, 3.05) is 48.6 Å². The zero-order valence-electron chi connectivity index (χ0n) is 55.8. The SMILES string of the molecule is CC/C=C\C/C=C\C/C=C\C/C=C\C/C=C\CCOCC.CC/C=C\C/C=C\C/C=C\C/C=C\C/C=C\CCSCC.CC/C=C\C/C=C\C/C=C\C/C=C\C/C=C\CCSOCC.CC/C=C\C/C=C\C/C=C\C/C=C\CC/C=C/CSCC. The molecule has 0 aromatic heterocycles. The van der Waals surface area contributed by atoms with Crippen LogP contribution in [-0.4, -0.2) is 48.6 Å². The van der Waals surface area contributed by atoms with Crippen molar-refractivity contribution in [3.63, 3.8) is 0 Å². The lowest BCUT2D eigenvalue weighted by molar-refractivity contribution is 0.152. The van der Waals surface area contributed by atoms with Gasteiger partial charge in [0.25, 0.3) is 0 Å². The minimum Gasteiger partial charge on any atom is -0.381 e. The Morgan fingerprint density at radius 1 is 0.224 bits per heavy atom. The molecule has 0 unspecified atom stereocenters. The molecule has 0 bridgehead atoms. The number of rotatable bonds is 53. The normalized spacial score (nSPS) is 13.0. The van der Waals surface area contributed by atoms with E-state index in [1.165, 1.54) is 30.1 Å². The van der Waals surface area contributed by atoms with Crippen LogP contribution in [0.1, 0.15) is 209 Å². The Bertz CT molecular complexity index is 1830. The van der Waals surface area contributed by atoms with Gasteiger partial charge in [-0.2, -0.15) is 23.5 Å². The van der Waals surface area contributed by atoms with Crippen LogP contribution in [0.5, 0.6) is 0 Å². The van der Waals surface area contributed by atoms with Crippen LogP contribution in [0.15, 0.2) is 243 Å². The van der Waals surface area contributed by atoms with Crippen molar-refractivity contribution in [2.24, 2.45) is 0 Å². The first kappa shape index (κ1) is 87.2. The second-order valence-corrected chi connectivity index (χ2v) is 22.4. The lowest BCUT2D eigenvalue weighted by Gasteiger charge is -1.94. The van der Waals surface area contributed by atoms with Crippen LogP contribution in [0, 0.1) is 0 Å². The predicted molar refractivity (Wildman–Crippen MR) is 403 cm³/mol. The molecule has 0 heterocycles. The largest absolute Gasteiger partial charge is 0.381 e. The highest BCUT2D eigenvalue weighted by Crippen LogP contribution is 2.06. The van der Waals surface area contributed by atoms with Gasteiger partial charge >= 0.3 is 0 Å². The summed E-state index contributed by atoms with van der Waals surface area (Å²) in [6.45, 7) is 19.5. The van der Waals surface area contributed by atoms with E-state index in [1.54, 1.807) is 12.0 Å². The lowest BCUT2D eigenvalue weighted by Crippen LogP contribution is -1.90. The molecule has 2 nitrogen and oxygen atoms in total. The van der Waals surface area contributed by atoms with Gasteiger partial charge in [0.15, 0.2) is 0 Å². The number of thioether (sulfide) groups is 2. The molecule has 0 saturated carbocycles. The quantitative estimate of drug-likeness (QED) is 0.0342. The van der Waals surface area contributed by atoms with Crippen LogP contribution < -0.4 is 0 Å². The zero-order valence-corrected chi connectivity index (χ0v) is 58.2. The van der Waals surface area contributed by atoms with Gasteiger partial charge in [0, 0.05) is 24.7 Å². The van der Waals surface area contributed by atoms with E-state index in [9.17, 15) is 0 Å². The summed E-state index contributed by atoms with van der Waals surface area (Å²) >= 11 is 5.53. The Hall–Kier alpha value is -4.23. The van der Waals surface area contributed by atoms with E-state index in [0.29, 0.717) is 0 Å². The molecule has 0 radical (unpaired) electrons. The summed E-state index contributed by atoms with van der Waals surface area (Å²) in [5.41, 5.74) is 0. The van der Waals surface area contributed by atoms with Gasteiger partial charge in [0.1, 0.15) is 0 Å². The smallest absolute Gasteiger partial charge is 0.0585 e. The van der Waals surface area contributed by atoms with E-state index in [4.69, 9.17) is 8.92 Å². The average molecular weight is 1220 g/mol. The van der Waals surface area contributed by atoms with Gasteiger partial charge in [0.05, 0.1) is 6.61 Å². The first-order chi connectivity index (χ1) is 42.2. The van der Waals surface area contributed by atoms with Crippen LogP contribution in [0.3, 0.4) is 0 Å². The van der Waals surface area contributed by atoms with Gasteiger partial charge in [0.2, 0.25) is 0 Å². The Balaban J connectivity index is -0.000000515. The van der Waals surface area contributed by atoms with Crippen molar-refractivity contribution in [2.45, 2.75) is 209 Å². The van der Waals surface area contributed by atoms with Crippen LogP contribution in [-0.2, 0) is 8.92 Å². The molecule has 0 aromatic carbocycles. The second kappa shape index (κ2) is 93.5. The molecule has 5 heteroatoms. The van der Waals surface area contributed by atoms with E-state index in [-0.39, 0.29) is 0 Å². The Morgan fingerprint density at radius 2 is 0.471 bits per heavy atom. The summed E-state index contributed by atoms with van der Waals surface area (Å²) in [5.74, 6) is 5.89. The standard InChI is InChI=1S/C20H32OS.C20H32O.2C20H32S/c1-3-5-6-7-8-9-10-11-12-13-14-15-16-17-18-19-20-22-21-4-2;3*1-3-5-6-7-8-9-10-11-12-13-14-15-16-17-18-19-20-21-4-2/h5-6,8-9,11-12,14-15,17-18H,3-4,7,10,13,16,19-20H2,1-2H3;5-6,8-9,11-12,14-15,17-18H,3-4,7,10,13,16,19-20H2,1-2H3;5-6,8-9,11-12,14-15,18-19H,3-4,7,10,13,16-17,20H2,1-2H3;5-6,8-9,11-12,14-15,17-18H,3-4,7,10,13,16,19-20H2,1-2H3/b2*6-5-,9-8-,12-11-,15-14-,18-17-;6-5-,9-8-,12-11-,15-14-,19-18+;6-5-,9-8-,12-11-,15-14-,18-17-. The Kier molecular flexibility index (Phi) is 95.9. The molecule has 85 heavy (non-hydrogen) atoms. The molecule has 0 saturated heterocycles. The number of allylic oxidation sites excluding steroid dienone is 38. The van der Waals surface area contributed by atoms with Crippen molar-refractivity contribution < 1.29 is 8.92 Å². The molecule has 0 atom stereocenters. The maximum Gasteiger partial charge on any atom is 0.0585 e. The summed E-state index contributed by atoms with van der Waals surface area (Å²) < 4.78 is 10.5. The minimum absolute atomic E-state index is 0.788. The molecular formula is C80H128O2S3. The fourth-order valence-electron chi connectivity index (χ4n) is 6.62. The van der Waals surface area contributed by atoms with Crippen molar-refractivity contribution in [1.29, 1.82) is 0 Å². The fraction of sp³-hybridized carbons (Fsp3) is 0.500. The summed E-state index contributed by atoms with van der Waals surface area (Å²) in [6, 6.07) is 0. The molecule has 0 aliphatic heterocycles. The van der Waals surface area contributed by atoms with E-state index < -0.39 is 0 Å². The maximum absolute atomic E-state index is 5.27. The molecule has 0 spiro atoms. The Morgan fingerprint density at radius 3 is 0.741 bits per heavy atom. The molecular weight excluding hydrogens is 1090 g/mol. The van der Waals surface area contributed by atoms with Gasteiger partial charge in [-0.15, -0.1) is 0 Å². The van der Waals surface area contributed by atoms with Gasteiger partial charge in [-0.25, -0.2) is 0 Å². The summed E-state index contributed by atoms with van der Waals surface area (Å²) in [4.78, 5) is 0. The second-order valence-electron chi connectivity index (χ2n) is 18.8. The van der Waals surface area contributed by atoms with Gasteiger partial charge in [-0.1, -0.05) is 285 Å². The third-order valence-electron chi connectivity index (χ3n) is 11.1. The summed E-state index contributed by atoms with van der Waals surface area (Å²) in [5, 5.41) is 0. The van der Waals surface area contributed by atoms with Gasteiger partial charge in [-0.05, 0) is 197 Å². The molecule has 0 amide bonds. The first-order valence-electron chi connectivity index (χ1n) is 33.1. The molecule has 0 N–H and O–H groups in total. The van der Waals surface area contributed by atoms with E-state index in [2.05, 4.69) is 285 Å². The van der Waals surface area contributed by atoms with Crippen molar-refractivity contribution in [3.8, 4) is 0 Å². The average Bonchev–Trinajstić information content (AvgIpc) is 3.51. The van der Waals surface area contributed by atoms with Crippen molar-refractivity contribution in [3.05, 3.63) is 243 Å².